The summed E-state index contributed by atoms with van der Waals surface area (Å²) in [5.74, 6) is -1.98. The van der Waals surface area contributed by atoms with Gasteiger partial charge in [0.25, 0.3) is 0 Å². The highest BCUT2D eigenvalue weighted by Crippen LogP contribution is 2.08. The van der Waals surface area contributed by atoms with E-state index in [-0.39, 0.29) is 6.42 Å². The van der Waals surface area contributed by atoms with Gasteiger partial charge in [0.2, 0.25) is 5.91 Å². The maximum absolute atomic E-state index is 11.8. The molecule has 3 unspecified atom stereocenters. The second kappa shape index (κ2) is 7.00. The highest BCUT2D eigenvalue weighted by molar-refractivity contribution is 7.87. The Kier molecular flexibility index (Phi) is 6.40. The number of aliphatic carboxylic acids is 1. The lowest BCUT2D eigenvalue weighted by atomic mass is 10.3. The Labute approximate surface area is 101 Å². The van der Waals surface area contributed by atoms with E-state index in [1.54, 1.807) is 6.92 Å². The molecule has 0 saturated heterocycles. The van der Waals surface area contributed by atoms with Crippen molar-refractivity contribution >= 4 is 28.7 Å². The SMILES string of the molecule is CCC(C(=O)O)S(=O)C(C)C(=O)NC(=O)NC. The molecule has 98 valence electrons. The van der Waals surface area contributed by atoms with E-state index < -0.39 is 39.2 Å². The zero-order valence-corrected chi connectivity index (χ0v) is 10.7. The van der Waals surface area contributed by atoms with Crippen molar-refractivity contribution in [3.63, 3.8) is 0 Å². The molecule has 0 aliphatic carbocycles. The molecule has 17 heavy (non-hydrogen) atoms. The van der Waals surface area contributed by atoms with Gasteiger partial charge < -0.3 is 10.4 Å². The first-order valence-corrected chi connectivity index (χ1v) is 6.27. The number of carboxylic acid groups (broad SMARTS) is 1. The number of hydrogen-bond donors (Lipinski definition) is 3. The van der Waals surface area contributed by atoms with Crippen LogP contribution >= 0.6 is 0 Å². The highest BCUT2D eigenvalue weighted by Gasteiger charge is 2.31. The van der Waals surface area contributed by atoms with E-state index in [0.717, 1.165) is 0 Å². The summed E-state index contributed by atoms with van der Waals surface area (Å²) >= 11 is 0. The molecular formula is C9H16N2O5S. The maximum Gasteiger partial charge on any atom is 0.321 e. The molecule has 0 rings (SSSR count). The molecule has 0 heterocycles. The molecule has 0 radical (unpaired) electrons. The fraction of sp³-hybridized carbons (Fsp3) is 0.667. The van der Waals surface area contributed by atoms with Gasteiger partial charge in [0.1, 0.15) is 10.5 Å². The molecule has 8 heteroatoms. The molecule has 0 aliphatic heterocycles. The van der Waals surface area contributed by atoms with Gasteiger partial charge in [-0.3, -0.25) is 19.1 Å². The Bertz CT molecular complexity index is 344. The molecule has 0 saturated carbocycles. The average molecular weight is 264 g/mol. The maximum atomic E-state index is 11.8. The number of hydrogen-bond acceptors (Lipinski definition) is 4. The van der Waals surface area contributed by atoms with Gasteiger partial charge in [-0.2, -0.15) is 0 Å². The number of urea groups is 1. The number of rotatable bonds is 5. The van der Waals surface area contributed by atoms with Crippen LogP contribution < -0.4 is 10.6 Å². The van der Waals surface area contributed by atoms with Crippen LogP contribution in [0.2, 0.25) is 0 Å². The summed E-state index contributed by atoms with van der Waals surface area (Å²) in [5, 5.41) is 10.7. The zero-order chi connectivity index (χ0) is 13.6. The van der Waals surface area contributed by atoms with E-state index in [1.807, 2.05) is 5.32 Å². The lowest BCUT2D eigenvalue weighted by molar-refractivity contribution is -0.136. The Morgan fingerprint density at radius 1 is 1.35 bits per heavy atom. The standard InChI is InChI=1S/C9H16N2O5S/c1-4-6(8(13)14)17(16)5(2)7(12)11-9(15)10-3/h5-6H,4H2,1-3H3,(H,13,14)(H2,10,11,12,15). The van der Waals surface area contributed by atoms with Crippen molar-refractivity contribution in [2.45, 2.75) is 30.8 Å². The van der Waals surface area contributed by atoms with Crippen LogP contribution in [0.4, 0.5) is 4.79 Å². The first kappa shape index (κ1) is 15.6. The van der Waals surface area contributed by atoms with Crippen molar-refractivity contribution < 1.29 is 23.7 Å². The molecule has 7 nitrogen and oxygen atoms in total. The van der Waals surface area contributed by atoms with Crippen molar-refractivity contribution in [3.05, 3.63) is 0 Å². The molecular weight excluding hydrogens is 248 g/mol. The van der Waals surface area contributed by atoms with Gasteiger partial charge in [0.15, 0.2) is 0 Å². The van der Waals surface area contributed by atoms with Crippen LogP contribution in [0.3, 0.4) is 0 Å². The number of imide groups is 1. The van der Waals surface area contributed by atoms with Gasteiger partial charge in [-0.05, 0) is 13.3 Å². The predicted molar refractivity (Wildman–Crippen MR) is 61.9 cm³/mol. The number of carboxylic acids is 1. The van der Waals surface area contributed by atoms with Gasteiger partial charge in [-0.25, -0.2) is 4.79 Å². The van der Waals surface area contributed by atoms with Crippen LogP contribution in [0.15, 0.2) is 0 Å². The third-order valence-corrected chi connectivity index (χ3v) is 4.11. The van der Waals surface area contributed by atoms with Crippen molar-refractivity contribution in [1.29, 1.82) is 0 Å². The molecule has 3 atom stereocenters. The quantitative estimate of drug-likeness (QED) is 0.616. The van der Waals surface area contributed by atoms with E-state index in [9.17, 15) is 18.6 Å². The van der Waals surface area contributed by atoms with Crippen molar-refractivity contribution in [2.24, 2.45) is 0 Å². The highest BCUT2D eigenvalue weighted by atomic mass is 32.2. The monoisotopic (exact) mass is 264 g/mol. The van der Waals surface area contributed by atoms with E-state index in [4.69, 9.17) is 5.11 Å². The molecule has 0 aromatic heterocycles. The molecule has 0 bridgehead atoms. The Hall–Kier alpha value is -1.44. The number of amides is 3. The van der Waals surface area contributed by atoms with E-state index in [2.05, 4.69) is 5.32 Å². The number of carbonyl (C=O) groups is 3. The summed E-state index contributed by atoms with van der Waals surface area (Å²) in [5.41, 5.74) is 0. The fourth-order valence-electron chi connectivity index (χ4n) is 1.07. The Balaban J connectivity index is 4.63. The lowest BCUT2D eigenvalue weighted by Crippen LogP contribution is -2.45. The largest absolute Gasteiger partial charge is 0.480 e. The van der Waals surface area contributed by atoms with E-state index >= 15 is 0 Å². The summed E-state index contributed by atoms with van der Waals surface area (Å²) < 4.78 is 11.8. The van der Waals surface area contributed by atoms with Crippen LogP contribution in [-0.4, -0.2) is 44.8 Å². The average Bonchev–Trinajstić information content (AvgIpc) is 2.27. The topological polar surface area (TPSA) is 113 Å². The second-order valence-corrected chi connectivity index (χ2v) is 5.21. The van der Waals surface area contributed by atoms with Crippen LogP contribution in [0.5, 0.6) is 0 Å². The lowest BCUT2D eigenvalue weighted by Gasteiger charge is -2.15. The van der Waals surface area contributed by atoms with Crippen LogP contribution in [0, 0.1) is 0 Å². The van der Waals surface area contributed by atoms with Gasteiger partial charge in [-0.1, -0.05) is 6.92 Å². The molecule has 0 aliphatic rings. The van der Waals surface area contributed by atoms with Gasteiger partial charge in [-0.15, -0.1) is 0 Å². The second-order valence-electron chi connectivity index (χ2n) is 3.27. The molecule has 0 spiro atoms. The van der Waals surface area contributed by atoms with E-state index in [1.165, 1.54) is 14.0 Å². The first-order chi connectivity index (χ1) is 7.84. The third kappa shape index (κ3) is 4.51. The summed E-state index contributed by atoms with van der Waals surface area (Å²) in [6, 6.07) is -0.720. The normalized spacial score (nSPS) is 15.5. The van der Waals surface area contributed by atoms with Gasteiger partial charge in [0.05, 0.1) is 0 Å². The molecule has 0 fully saturated rings. The molecule has 0 aromatic rings. The molecule has 3 amide bonds. The summed E-state index contributed by atoms with van der Waals surface area (Å²) in [7, 11) is -0.543. The summed E-state index contributed by atoms with van der Waals surface area (Å²) in [4.78, 5) is 33.1. The summed E-state index contributed by atoms with van der Waals surface area (Å²) in [6.45, 7) is 2.89. The first-order valence-electron chi connectivity index (χ1n) is 4.99. The van der Waals surface area contributed by atoms with Gasteiger partial charge in [0, 0.05) is 17.8 Å². The van der Waals surface area contributed by atoms with Crippen LogP contribution in [0.25, 0.3) is 0 Å². The number of carbonyl (C=O) groups excluding carboxylic acids is 2. The fourth-order valence-corrected chi connectivity index (χ4v) is 2.36. The van der Waals surface area contributed by atoms with Crippen LogP contribution in [-0.2, 0) is 20.4 Å². The summed E-state index contributed by atoms with van der Waals surface area (Å²) in [6.07, 6.45) is 0.152. The molecule has 0 aromatic carbocycles. The smallest absolute Gasteiger partial charge is 0.321 e. The van der Waals surface area contributed by atoms with Crippen molar-refractivity contribution in [3.8, 4) is 0 Å². The Morgan fingerprint density at radius 2 is 1.88 bits per heavy atom. The third-order valence-electron chi connectivity index (χ3n) is 2.11. The Morgan fingerprint density at radius 3 is 2.24 bits per heavy atom. The van der Waals surface area contributed by atoms with Crippen molar-refractivity contribution in [1.82, 2.24) is 10.6 Å². The number of nitrogens with one attached hydrogen (secondary N) is 2. The minimum Gasteiger partial charge on any atom is -0.480 e. The van der Waals surface area contributed by atoms with E-state index in [0.29, 0.717) is 0 Å². The van der Waals surface area contributed by atoms with Crippen LogP contribution in [0.1, 0.15) is 20.3 Å². The van der Waals surface area contributed by atoms with Gasteiger partial charge >= 0.3 is 12.0 Å². The molecule has 3 N–H and O–H groups in total. The minimum absolute atomic E-state index is 0.152. The zero-order valence-electron chi connectivity index (χ0n) is 9.85. The van der Waals surface area contributed by atoms with Crippen molar-refractivity contribution in [2.75, 3.05) is 7.05 Å². The predicted octanol–water partition coefficient (Wildman–Crippen LogP) is -0.558. The minimum atomic E-state index is -1.87.